The summed E-state index contributed by atoms with van der Waals surface area (Å²) in [6, 6.07) is 4.22. The van der Waals surface area contributed by atoms with Crippen LogP contribution in [0.25, 0.3) is 6.08 Å². The summed E-state index contributed by atoms with van der Waals surface area (Å²) in [6.45, 7) is 0.640. The highest BCUT2D eigenvalue weighted by molar-refractivity contribution is 5.85. The van der Waals surface area contributed by atoms with Gasteiger partial charge in [-0.3, -0.25) is 0 Å². The summed E-state index contributed by atoms with van der Waals surface area (Å²) < 4.78 is 19.1. The molecule has 0 amide bonds. The van der Waals surface area contributed by atoms with Gasteiger partial charge in [0.05, 0.1) is 6.61 Å². The van der Waals surface area contributed by atoms with Crippen molar-refractivity contribution in [3.05, 3.63) is 35.7 Å². The van der Waals surface area contributed by atoms with Crippen LogP contribution < -0.4 is 4.74 Å². The Hall–Kier alpha value is -1.84. The second-order valence-corrected chi connectivity index (χ2v) is 6.10. The van der Waals surface area contributed by atoms with Gasteiger partial charge in [-0.25, -0.2) is 9.18 Å². The van der Waals surface area contributed by atoms with Crippen LogP contribution in [-0.4, -0.2) is 17.7 Å². The molecule has 3 nitrogen and oxygen atoms in total. The first-order chi connectivity index (χ1) is 10.1. The van der Waals surface area contributed by atoms with Crippen molar-refractivity contribution in [2.45, 2.75) is 25.7 Å². The molecule has 2 aliphatic rings. The number of hydrogen-bond donors (Lipinski definition) is 1. The summed E-state index contributed by atoms with van der Waals surface area (Å²) in [5.74, 6) is 1.32. The maximum Gasteiger partial charge on any atom is 0.328 e. The van der Waals surface area contributed by atoms with E-state index in [1.165, 1.54) is 43.9 Å². The van der Waals surface area contributed by atoms with Gasteiger partial charge >= 0.3 is 5.97 Å². The normalized spacial score (nSPS) is 27.4. The van der Waals surface area contributed by atoms with Crippen LogP contribution in [0.1, 0.15) is 31.2 Å². The number of aliphatic carboxylic acids is 1. The van der Waals surface area contributed by atoms with E-state index in [2.05, 4.69) is 0 Å². The number of hydrogen-bond acceptors (Lipinski definition) is 2. The van der Waals surface area contributed by atoms with Gasteiger partial charge in [-0.1, -0.05) is 6.42 Å². The number of halogens is 1. The van der Waals surface area contributed by atoms with Crippen molar-refractivity contribution in [2.75, 3.05) is 6.61 Å². The van der Waals surface area contributed by atoms with E-state index in [-0.39, 0.29) is 0 Å². The second-order valence-electron chi connectivity index (χ2n) is 6.10. The smallest absolute Gasteiger partial charge is 0.328 e. The molecule has 3 unspecified atom stereocenters. The average Bonchev–Trinajstić information content (AvgIpc) is 3.06. The first-order valence-electron chi connectivity index (χ1n) is 7.45. The summed E-state index contributed by atoms with van der Waals surface area (Å²) in [5, 5.41) is 8.69. The van der Waals surface area contributed by atoms with Crippen molar-refractivity contribution in [1.82, 2.24) is 0 Å². The van der Waals surface area contributed by atoms with Gasteiger partial charge in [0.2, 0.25) is 0 Å². The Balaban J connectivity index is 1.68. The van der Waals surface area contributed by atoms with Crippen LogP contribution in [0.3, 0.4) is 0 Å². The van der Waals surface area contributed by atoms with Gasteiger partial charge in [0.1, 0.15) is 11.6 Å². The van der Waals surface area contributed by atoms with Crippen LogP contribution in [0.5, 0.6) is 5.75 Å². The van der Waals surface area contributed by atoms with Gasteiger partial charge in [0.15, 0.2) is 0 Å². The highest BCUT2D eigenvalue weighted by atomic mass is 19.1. The molecule has 4 heteroatoms. The molecule has 0 radical (unpaired) electrons. The largest absolute Gasteiger partial charge is 0.493 e. The second kappa shape index (κ2) is 5.88. The lowest BCUT2D eigenvalue weighted by Crippen LogP contribution is -2.18. The molecule has 2 bridgehead atoms. The fourth-order valence-corrected chi connectivity index (χ4v) is 3.72. The van der Waals surface area contributed by atoms with Gasteiger partial charge in [-0.05, 0) is 61.3 Å². The van der Waals surface area contributed by atoms with Gasteiger partial charge in [0, 0.05) is 11.6 Å². The summed E-state index contributed by atoms with van der Waals surface area (Å²) in [4.78, 5) is 10.6. The molecule has 3 atom stereocenters. The quantitative estimate of drug-likeness (QED) is 0.840. The van der Waals surface area contributed by atoms with Crippen molar-refractivity contribution in [1.29, 1.82) is 0 Å². The molecule has 0 saturated heterocycles. The zero-order valence-corrected chi connectivity index (χ0v) is 11.8. The lowest BCUT2D eigenvalue weighted by molar-refractivity contribution is -0.131. The molecule has 21 heavy (non-hydrogen) atoms. The predicted octanol–water partition coefficient (Wildman–Crippen LogP) is 3.74. The number of rotatable bonds is 5. The molecule has 2 aliphatic carbocycles. The zero-order valence-electron chi connectivity index (χ0n) is 11.8. The van der Waals surface area contributed by atoms with E-state index in [0.29, 0.717) is 23.8 Å². The molecular formula is C17H19FO3. The molecule has 1 aromatic rings. The molecule has 1 aromatic carbocycles. The Bertz CT molecular complexity index is 567. The summed E-state index contributed by atoms with van der Waals surface area (Å²) in [6.07, 6.45) is 7.58. The summed E-state index contributed by atoms with van der Waals surface area (Å²) in [5.41, 5.74) is 0.473. The summed E-state index contributed by atoms with van der Waals surface area (Å²) >= 11 is 0. The number of carboxylic acids is 1. The van der Waals surface area contributed by atoms with Crippen LogP contribution in [0.2, 0.25) is 0 Å². The Morgan fingerprint density at radius 3 is 2.90 bits per heavy atom. The highest BCUT2D eigenvalue weighted by Crippen LogP contribution is 2.48. The SMILES string of the molecule is O=C(O)/C=C/c1cc(F)ccc1OCC1CC2CCC1C2. The third-order valence-corrected chi connectivity index (χ3v) is 4.71. The van der Waals surface area contributed by atoms with Gasteiger partial charge < -0.3 is 9.84 Å². The Labute approximate surface area is 123 Å². The highest BCUT2D eigenvalue weighted by Gasteiger charge is 2.39. The van der Waals surface area contributed by atoms with E-state index in [0.717, 1.165) is 17.9 Å². The van der Waals surface area contributed by atoms with Crippen LogP contribution >= 0.6 is 0 Å². The molecule has 0 aliphatic heterocycles. The zero-order chi connectivity index (χ0) is 14.8. The molecule has 0 aromatic heterocycles. The number of fused-ring (bicyclic) bond motifs is 2. The fourth-order valence-electron chi connectivity index (χ4n) is 3.72. The molecule has 0 spiro atoms. The molecule has 1 N–H and O–H groups in total. The van der Waals surface area contributed by atoms with Crippen molar-refractivity contribution in [3.8, 4) is 5.75 Å². The summed E-state index contributed by atoms with van der Waals surface area (Å²) in [7, 11) is 0. The predicted molar refractivity (Wildman–Crippen MR) is 77.5 cm³/mol. The molecule has 0 heterocycles. The van der Waals surface area contributed by atoms with Crippen molar-refractivity contribution in [3.63, 3.8) is 0 Å². The molecule has 2 fully saturated rings. The van der Waals surface area contributed by atoms with E-state index in [9.17, 15) is 9.18 Å². The van der Waals surface area contributed by atoms with Crippen LogP contribution in [-0.2, 0) is 4.79 Å². The maximum atomic E-state index is 13.3. The minimum atomic E-state index is -1.06. The monoisotopic (exact) mass is 290 g/mol. The topological polar surface area (TPSA) is 46.5 Å². The van der Waals surface area contributed by atoms with Gasteiger partial charge in [-0.2, -0.15) is 0 Å². The maximum absolute atomic E-state index is 13.3. The average molecular weight is 290 g/mol. The van der Waals surface area contributed by atoms with E-state index in [1.807, 2.05) is 0 Å². The van der Waals surface area contributed by atoms with E-state index >= 15 is 0 Å². The fraction of sp³-hybridized carbons (Fsp3) is 0.471. The third-order valence-electron chi connectivity index (χ3n) is 4.71. The number of carboxylic acid groups (broad SMARTS) is 1. The minimum Gasteiger partial charge on any atom is -0.493 e. The van der Waals surface area contributed by atoms with Crippen molar-refractivity contribution < 1.29 is 19.0 Å². The van der Waals surface area contributed by atoms with Crippen molar-refractivity contribution >= 4 is 12.0 Å². The van der Waals surface area contributed by atoms with Crippen LogP contribution in [0, 0.1) is 23.6 Å². The first-order valence-corrected chi connectivity index (χ1v) is 7.45. The van der Waals surface area contributed by atoms with E-state index in [1.54, 1.807) is 6.07 Å². The Morgan fingerprint density at radius 2 is 2.24 bits per heavy atom. The lowest BCUT2D eigenvalue weighted by atomic mass is 9.89. The Morgan fingerprint density at radius 1 is 1.38 bits per heavy atom. The lowest BCUT2D eigenvalue weighted by Gasteiger charge is -2.22. The van der Waals surface area contributed by atoms with Crippen LogP contribution in [0.4, 0.5) is 4.39 Å². The number of benzene rings is 1. The van der Waals surface area contributed by atoms with Gasteiger partial charge in [0.25, 0.3) is 0 Å². The number of carbonyl (C=O) groups is 1. The van der Waals surface area contributed by atoms with Crippen molar-refractivity contribution in [2.24, 2.45) is 17.8 Å². The van der Waals surface area contributed by atoms with E-state index in [4.69, 9.17) is 9.84 Å². The van der Waals surface area contributed by atoms with E-state index < -0.39 is 11.8 Å². The first kappa shape index (κ1) is 14.1. The Kier molecular flexibility index (Phi) is 3.95. The molecule has 112 valence electrons. The molecule has 3 rings (SSSR count). The standard InChI is InChI=1S/C17H19FO3/c18-15-4-5-16(13(9-15)3-6-17(19)20)21-10-14-8-11-1-2-12(14)7-11/h3-6,9,11-12,14H,1-2,7-8,10H2,(H,19,20)/b6-3+. The molecular weight excluding hydrogens is 271 g/mol. The minimum absolute atomic E-state index is 0.396. The van der Waals surface area contributed by atoms with Crippen LogP contribution in [0.15, 0.2) is 24.3 Å². The third kappa shape index (κ3) is 3.26. The molecule has 2 saturated carbocycles. The van der Waals surface area contributed by atoms with Gasteiger partial charge in [-0.15, -0.1) is 0 Å². The number of ether oxygens (including phenoxy) is 1.